The van der Waals surface area contributed by atoms with Crippen molar-refractivity contribution in [1.82, 2.24) is 0 Å². The van der Waals surface area contributed by atoms with E-state index in [9.17, 15) is 29.7 Å². The van der Waals surface area contributed by atoms with Crippen molar-refractivity contribution in [1.29, 1.82) is 0 Å². The fourth-order valence-corrected chi connectivity index (χ4v) is 5.21. The molecule has 3 unspecified atom stereocenters. The van der Waals surface area contributed by atoms with Crippen molar-refractivity contribution >= 4 is 17.9 Å². The Hall–Kier alpha value is -1.89. The quantitative estimate of drug-likeness (QED) is 0.104. The van der Waals surface area contributed by atoms with Gasteiger partial charge in [-0.15, -0.1) is 6.58 Å². The summed E-state index contributed by atoms with van der Waals surface area (Å²) < 4.78 is -0.380. The Kier molecular flexibility index (Phi) is 16.6. The summed E-state index contributed by atoms with van der Waals surface area (Å²) in [6.45, 7) is 9.59. The van der Waals surface area contributed by atoms with Gasteiger partial charge in [-0.3, -0.25) is 4.48 Å². The predicted octanol–water partition coefficient (Wildman–Crippen LogP) is 5.87. The molecule has 0 aromatic carbocycles. The van der Waals surface area contributed by atoms with Crippen LogP contribution in [0.4, 0.5) is 0 Å². The van der Waals surface area contributed by atoms with Gasteiger partial charge in [0.05, 0.1) is 6.54 Å². The number of hydrogen-bond acceptors (Lipinski definition) is 3. The maximum Gasteiger partial charge on any atom is 0.362 e. The Balaban J connectivity index is 5.96. The zero-order valence-corrected chi connectivity index (χ0v) is 21.1. The Bertz CT molecular complexity index is 532. The minimum absolute atomic E-state index is 0.264. The van der Waals surface area contributed by atoms with Crippen molar-refractivity contribution in [3.8, 4) is 0 Å². The van der Waals surface area contributed by atoms with E-state index in [0.717, 1.165) is 44.9 Å². The minimum Gasteiger partial charge on any atom is -0.477 e. The maximum absolute atomic E-state index is 12.5. The number of quaternary nitrogens is 1. The number of carboxylic acid groups (broad SMARTS) is 3. The van der Waals surface area contributed by atoms with Crippen LogP contribution < -0.4 is 0 Å². The summed E-state index contributed by atoms with van der Waals surface area (Å²) in [7, 11) is 0. The van der Waals surface area contributed by atoms with Crippen LogP contribution in [-0.4, -0.2) is 62.4 Å². The second-order valence-electron chi connectivity index (χ2n) is 9.20. The Morgan fingerprint density at radius 2 is 1.00 bits per heavy atom. The van der Waals surface area contributed by atoms with Gasteiger partial charge in [0.25, 0.3) is 0 Å². The van der Waals surface area contributed by atoms with E-state index in [4.69, 9.17) is 0 Å². The molecule has 0 fully saturated rings. The number of carboxylic acids is 3. The molecule has 0 amide bonds. The van der Waals surface area contributed by atoms with Crippen LogP contribution in [0.1, 0.15) is 111 Å². The monoisotopic (exact) mass is 470 g/mol. The first-order valence-electron chi connectivity index (χ1n) is 12.9. The summed E-state index contributed by atoms with van der Waals surface area (Å²) in [5.74, 6) is -3.28. The highest BCUT2D eigenvalue weighted by atomic mass is 16.4. The predicted molar refractivity (Wildman–Crippen MR) is 131 cm³/mol. The first-order chi connectivity index (χ1) is 15.7. The molecule has 0 saturated heterocycles. The number of nitrogens with zero attached hydrogens (tertiary/aromatic N) is 1. The summed E-state index contributed by atoms with van der Waals surface area (Å²) in [5.41, 5.74) is 0. The molecule has 0 aromatic rings. The third-order valence-corrected chi connectivity index (χ3v) is 6.74. The van der Waals surface area contributed by atoms with Crippen molar-refractivity contribution in [3.63, 3.8) is 0 Å². The van der Waals surface area contributed by atoms with Crippen LogP contribution in [-0.2, 0) is 14.4 Å². The second-order valence-corrected chi connectivity index (χ2v) is 9.20. The van der Waals surface area contributed by atoms with Crippen molar-refractivity contribution < 1.29 is 34.2 Å². The van der Waals surface area contributed by atoms with Gasteiger partial charge in [-0.1, -0.05) is 52.5 Å². The van der Waals surface area contributed by atoms with Gasteiger partial charge >= 0.3 is 17.9 Å². The first kappa shape index (κ1) is 31.1. The lowest BCUT2D eigenvalue weighted by atomic mass is 9.91. The lowest BCUT2D eigenvalue weighted by Crippen LogP contribution is -2.72. The lowest BCUT2D eigenvalue weighted by Gasteiger charge is -2.50. The summed E-state index contributed by atoms with van der Waals surface area (Å²) in [6, 6.07) is -3.14. The molecule has 0 aliphatic rings. The molecule has 0 rings (SSSR count). The molecule has 0 bridgehead atoms. The molecule has 0 aliphatic carbocycles. The molecular formula is C26H48NO6+. The molecular weight excluding hydrogens is 422 g/mol. The second kappa shape index (κ2) is 17.6. The van der Waals surface area contributed by atoms with Crippen LogP contribution in [0.3, 0.4) is 0 Å². The van der Waals surface area contributed by atoms with E-state index >= 15 is 0 Å². The Morgan fingerprint density at radius 3 is 1.30 bits per heavy atom. The molecule has 0 aliphatic heterocycles. The normalized spacial score (nSPS) is 15.8. The highest BCUT2D eigenvalue weighted by Crippen LogP contribution is 2.34. The molecule has 7 heteroatoms. The molecule has 0 heterocycles. The largest absolute Gasteiger partial charge is 0.477 e. The standard InChI is InChI=1S/C26H47NO6/c1-5-9-10-11-12-13-14-15-16-20-27(21(17-6-2)24(28)29,22(18-7-3)25(30)31)23(19-8-4)26(32)33/h5,21-23H,1,6-20H2,2-4H3,(H2-,28,29,30,31,32,33)/p+1. The molecule has 192 valence electrons. The van der Waals surface area contributed by atoms with Gasteiger partial charge in [0.15, 0.2) is 18.1 Å². The molecule has 0 saturated carbocycles. The average Bonchev–Trinajstić information content (AvgIpc) is 2.76. The van der Waals surface area contributed by atoms with Gasteiger partial charge in [0.2, 0.25) is 0 Å². The minimum atomic E-state index is -1.09. The summed E-state index contributed by atoms with van der Waals surface area (Å²) in [4.78, 5) is 37.4. The van der Waals surface area contributed by atoms with E-state index in [1.807, 2.05) is 26.8 Å². The van der Waals surface area contributed by atoms with Crippen molar-refractivity contribution in [3.05, 3.63) is 12.7 Å². The van der Waals surface area contributed by atoms with Crippen molar-refractivity contribution in [2.24, 2.45) is 0 Å². The molecule has 3 N–H and O–H groups in total. The number of aliphatic carboxylic acids is 3. The third-order valence-electron chi connectivity index (χ3n) is 6.74. The Labute approximate surface area is 200 Å². The van der Waals surface area contributed by atoms with E-state index in [0.29, 0.717) is 25.7 Å². The molecule has 33 heavy (non-hydrogen) atoms. The van der Waals surface area contributed by atoms with E-state index in [2.05, 4.69) is 6.58 Å². The fourth-order valence-electron chi connectivity index (χ4n) is 5.21. The van der Waals surface area contributed by atoms with Gasteiger partial charge in [-0.25, -0.2) is 14.4 Å². The number of hydrogen-bond donors (Lipinski definition) is 3. The van der Waals surface area contributed by atoms with Gasteiger partial charge < -0.3 is 15.3 Å². The zero-order chi connectivity index (χ0) is 25.3. The topological polar surface area (TPSA) is 112 Å². The van der Waals surface area contributed by atoms with Gasteiger partial charge in [-0.2, -0.15) is 0 Å². The van der Waals surface area contributed by atoms with Crippen LogP contribution in [0.25, 0.3) is 0 Å². The lowest BCUT2D eigenvalue weighted by molar-refractivity contribution is -0.973. The molecule has 0 aromatic heterocycles. The van der Waals surface area contributed by atoms with Crippen LogP contribution in [0.15, 0.2) is 12.7 Å². The molecule has 3 atom stereocenters. The zero-order valence-electron chi connectivity index (χ0n) is 21.1. The van der Waals surface area contributed by atoms with Crippen molar-refractivity contribution in [2.45, 2.75) is 129 Å². The average molecular weight is 471 g/mol. The van der Waals surface area contributed by atoms with Gasteiger partial charge in [-0.05, 0) is 44.9 Å². The number of allylic oxidation sites excluding steroid dienone is 1. The Morgan fingerprint density at radius 1 is 0.667 bits per heavy atom. The summed E-state index contributed by atoms with van der Waals surface area (Å²) in [5, 5.41) is 30.5. The third kappa shape index (κ3) is 9.86. The number of unbranched alkanes of at least 4 members (excludes halogenated alkanes) is 7. The SMILES string of the molecule is C=CCCCCCCCCC[N+](C(CCC)C(=O)O)(C(CCC)C(=O)O)C(CCC)C(=O)O. The summed E-state index contributed by atoms with van der Waals surface area (Å²) >= 11 is 0. The van der Waals surface area contributed by atoms with E-state index in [1.54, 1.807) is 0 Å². The smallest absolute Gasteiger partial charge is 0.362 e. The van der Waals surface area contributed by atoms with Gasteiger partial charge in [0.1, 0.15) is 0 Å². The van der Waals surface area contributed by atoms with Crippen LogP contribution in [0.5, 0.6) is 0 Å². The van der Waals surface area contributed by atoms with E-state index in [-0.39, 0.29) is 30.3 Å². The molecule has 0 radical (unpaired) electrons. The summed E-state index contributed by atoms with van der Waals surface area (Å²) in [6.07, 6.45) is 12.3. The van der Waals surface area contributed by atoms with E-state index < -0.39 is 36.0 Å². The number of rotatable bonds is 22. The highest BCUT2D eigenvalue weighted by molar-refractivity contribution is 5.78. The molecule has 0 spiro atoms. The van der Waals surface area contributed by atoms with Crippen molar-refractivity contribution in [2.75, 3.05) is 6.54 Å². The highest BCUT2D eigenvalue weighted by Gasteiger charge is 2.56. The van der Waals surface area contributed by atoms with Crippen LogP contribution in [0.2, 0.25) is 0 Å². The van der Waals surface area contributed by atoms with Crippen LogP contribution >= 0.6 is 0 Å². The fraction of sp³-hybridized carbons (Fsp3) is 0.808. The van der Waals surface area contributed by atoms with E-state index in [1.165, 1.54) is 0 Å². The number of carbonyl (C=O) groups is 3. The van der Waals surface area contributed by atoms with Crippen LogP contribution in [0, 0.1) is 0 Å². The maximum atomic E-state index is 12.5. The molecule has 7 nitrogen and oxygen atoms in total. The first-order valence-corrected chi connectivity index (χ1v) is 12.9. The van der Waals surface area contributed by atoms with Gasteiger partial charge in [0, 0.05) is 19.3 Å².